The Morgan fingerprint density at radius 2 is 1.13 bits per heavy atom. The van der Waals surface area contributed by atoms with Crippen LogP contribution >= 0.6 is 22.7 Å². The fraction of sp³-hybridized carbons (Fsp3) is 0.238. The second-order valence-corrected chi connectivity index (χ2v) is 25.7. The number of anilines is 2. The summed E-state index contributed by atoms with van der Waals surface area (Å²) >= 11 is 3.87. The Kier molecular flexibility index (Phi) is 7.46. The number of benzene rings is 8. The molecule has 0 saturated carbocycles. The average molecular weight is 913 g/mol. The van der Waals surface area contributed by atoms with E-state index in [0.717, 1.165) is 0 Å². The molecule has 330 valence electrons. The van der Waals surface area contributed by atoms with Crippen molar-refractivity contribution in [2.75, 3.05) is 4.81 Å². The van der Waals surface area contributed by atoms with Crippen LogP contribution in [0.15, 0.2) is 133 Å². The first-order valence-electron chi connectivity index (χ1n) is 24.7. The number of nitrogens with zero attached hydrogens (tertiary/aromatic N) is 2. The molecule has 2 nitrogen and oxygen atoms in total. The van der Waals surface area contributed by atoms with Crippen molar-refractivity contribution in [3.05, 3.63) is 161 Å². The lowest BCUT2D eigenvalue weighted by molar-refractivity contribution is 0.332. The topological polar surface area (TPSA) is 8.17 Å². The molecule has 0 unspecified atom stereocenters. The van der Waals surface area contributed by atoms with Crippen LogP contribution in [0, 0.1) is 0 Å². The van der Waals surface area contributed by atoms with Gasteiger partial charge in [-0.2, -0.15) is 0 Å². The summed E-state index contributed by atoms with van der Waals surface area (Å²) < 4.78 is 8.14. The van der Waals surface area contributed by atoms with Gasteiger partial charge in [0, 0.05) is 79.2 Å². The molecular weight excluding hydrogens is 860 g/mol. The van der Waals surface area contributed by atoms with Gasteiger partial charge in [0.15, 0.2) is 0 Å². The Bertz CT molecular complexity index is 4110. The average Bonchev–Trinajstić information content (AvgIpc) is 4.04. The summed E-state index contributed by atoms with van der Waals surface area (Å²) in [6.45, 7) is 21.9. The van der Waals surface area contributed by atoms with Crippen LogP contribution in [0.3, 0.4) is 0 Å². The lowest BCUT2D eigenvalue weighted by Gasteiger charge is -2.44. The standard InChI is InChI=1S/C63H53BN2S2/c1-60(2,3)34-22-24-35(25-23-34)66-48-32-52-39(36-16-11-14-20-50(36)67-52)28-41(48)56-57-54(38-18-10-13-19-43(38)63(57,8)9)55-42-29-44-45(62(6,7)27-26-61(44,4)5)31-47(42)65-49-33-53-40(37-17-12-15-21-51(37)68-53)30-46(49)64(66)58(56)59(55)65/h10-25,28-33H,26-27H2,1-9H3. The molecule has 2 aliphatic heterocycles. The van der Waals surface area contributed by atoms with Gasteiger partial charge in [-0.05, 0) is 139 Å². The van der Waals surface area contributed by atoms with Crippen LogP contribution in [0.1, 0.15) is 103 Å². The van der Waals surface area contributed by atoms with Gasteiger partial charge in [0.1, 0.15) is 0 Å². The highest BCUT2D eigenvalue weighted by Gasteiger charge is 2.51. The minimum absolute atomic E-state index is 0.0355. The van der Waals surface area contributed by atoms with Gasteiger partial charge < -0.3 is 9.38 Å². The first-order chi connectivity index (χ1) is 32.6. The first kappa shape index (κ1) is 39.8. The molecule has 0 fully saturated rings. The zero-order valence-electron chi connectivity index (χ0n) is 40.4. The lowest BCUT2D eigenvalue weighted by atomic mass is 9.43. The molecule has 0 radical (unpaired) electrons. The molecule has 68 heavy (non-hydrogen) atoms. The molecule has 3 aromatic heterocycles. The highest BCUT2D eigenvalue weighted by Crippen LogP contribution is 2.60. The van der Waals surface area contributed by atoms with Crippen molar-refractivity contribution >= 4 is 114 Å². The largest absolute Gasteiger partial charge is 0.376 e. The van der Waals surface area contributed by atoms with Gasteiger partial charge in [0.25, 0.3) is 0 Å². The van der Waals surface area contributed by atoms with E-state index >= 15 is 0 Å². The maximum absolute atomic E-state index is 2.77. The van der Waals surface area contributed by atoms with Crippen LogP contribution in [-0.4, -0.2) is 11.4 Å². The maximum Gasteiger partial charge on any atom is 0.333 e. The summed E-state index contributed by atoms with van der Waals surface area (Å²) in [7, 11) is 0. The van der Waals surface area contributed by atoms with E-state index in [1.54, 1.807) is 0 Å². The number of thiophene rings is 2. The monoisotopic (exact) mass is 912 g/mol. The first-order valence-corrected chi connectivity index (χ1v) is 26.4. The highest BCUT2D eigenvalue weighted by molar-refractivity contribution is 7.26. The molecule has 0 atom stereocenters. The predicted octanol–water partition coefficient (Wildman–Crippen LogP) is 16.7. The third-order valence-electron chi connectivity index (χ3n) is 17.3. The minimum atomic E-state index is -0.256. The van der Waals surface area contributed by atoms with E-state index in [1.807, 2.05) is 22.7 Å². The molecule has 0 saturated heterocycles. The molecule has 11 aromatic rings. The number of rotatable bonds is 1. The molecule has 5 heterocycles. The summed E-state index contributed by atoms with van der Waals surface area (Å²) in [6.07, 6.45) is 2.36. The normalized spacial score (nSPS) is 17.1. The van der Waals surface area contributed by atoms with E-state index < -0.39 is 0 Å². The third-order valence-corrected chi connectivity index (χ3v) is 19.6. The lowest BCUT2D eigenvalue weighted by Crippen LogP contribution is -2.61. The zero-order valence-corrected chi connectivity index (χ0v) is 42.0. The summed E-state index contributed by atoms with van der Waals surface area (Å²) in [6, 6.07) is 52.9. The van der Waals surface area contributed by atoms with Crippen LogP contribution < -0.4 is 15.7 Å². The maximum atomic E-state index is 2.77. The van der Waals surface area contributed by atoms with Crippen LogP contribution in [0.5, 0.6) is 0 Å². The van der Waals surface area contributed by atoms with Crippen LogP contribution in [0.25, 0.3) is 90.1 Å². The second-order valence-electron chi connectivity index (χ2n) is 23.5. The Labute approximate surface area is 407 Å². The van der Waals surface area contributed by atoms with Gasteiger partial charge in [0.05, 0.1) is 11.0 Å². The van der Waals surface area contributed by atoms with Crippen molar-refractivity contribution in [2.24, 2.45) is 0 Å². The fourth-order valence-electron chi connectivity index (χ4n) is 13.8. The van der Waals surface area contributed by atoms with Gasteiger partial charge >= 0.3 is 6.85 Å². The van der Waals surface area contributed by atoms with Crippen molar-refractivity contribution < 1.29 is 0 Å². The fourth-order valence-corrected chi connectivity index (χ4v) is 16.0. The molecule has 15 rings (SSSR count). The Morgan fingerprint density at radius 1 is 0.529 bits per heavy atom. The zero-order chi connectivity index (χ0) is 46.1. The number of hydrogen-bond donors (Lipinski definition) is 0. The van der Waals surface area contributed by atoms with Crippen LogP contribution in [-0.2, 0) is 21.7 Å². The van der Waals surface area contributed by atoms with Gasteiger partial charge in [-0.25, -0.2) is 0 Å². The summed E-state index contributed by atoms with van der Waals surface area (Å²) in [5.41, 5.74) is 22.2. The van der Waals surface area contributed by atoms with E-state index in [9.17, 15) is 0 Å². The molecule has 0 N–H and O–H groups in total. The van der Waals surface area contributed by atoms with Gasteiger partial charge in [-0.3, -0.25) is 0 Å². The Morgan fingerprint density at radius 3 is 1.81 bits per heavy atom. The van der Waals surface area contributed by atoms with Crippen LogP contribution in [0.4, 0.5) is 11.4 Å². The molecular formula is C63H53BN2S2. The predicted molar refractivity (Wildman–Crippen MR) is 297 cm³/mol. The molecule has 5 heteroatoms. The van der Waals surface area contributed by atoms with E-state index in [0.29, 0.717) is 0 Å². The molecule has 8 aromatic carbocycles. The summed E-state index contributed by atoms with van der Waals surface area (Å²) in [5, 5.41) is 8.20. The summed E-state index contributed by atoms with van der Waals surface area (Å²) in [4.78, 5) is 2.77. The number of hydrogen-bond acceptors (Lipinski definition) is 3. The van der Waals surface area contributed by atoms with Crippen molar-refractivity contribution in [1.29, 1.82) is 0 Å². The van der Waals surface area contributed by atoms with Crippen molar-refractivity contribution in [3.63, 3.8) is 0 Å². The number of aromatic nitrogens is 1. The van der Waals surface area contributed by atoms with E-state index in [-0.39, 0.29) is 28.5 Å². The van der Waals surface area contributed by atoms with Gasteiger partial charge in [-0.15, -0.1) is 22.7 Å². The van der Waals surface area contributed by atoms with Gasteiger partial charge in [0.2, 0.25) is 0 Å². The Balaban J connectivity index is 1.21. The highest BCUT2D eigenvalue weighted by atomic mass is 32.1. The molecule has 0 spiro atoms. The van der Waals surface area contributed by atoms with E-state index in [4.69, 9.17) is 0 Å². The van der Waals surface area contributed by atoms with Crippen molar-refractivity contribution in [3.8, 4) is 27.9 Å². The molecule has 2 aliphatic carbocycles. The molecule has 0 bridgehead atoms. The van der Waals surface area contributed by atoms with Gasteiger partial charge in [-0.1, -0.05) is 141 Å². The quantitative estimate of drug-likeness (QED) is 0.149. The van der Waals surface area contributed by atoms with E-state index in [2.05, 4.69) is 205 Å². The SMILES string of the molecule is CC(C)(C)c1ccc(N2B3c4cc5c(cc4-n4c6cc7c(cc6c6c8c(c(c3c64)-c3cc4c(cc32)sc2ccccc24)C(C)(C)c2ccccc2-8)C(C)(C)CCC7(C)C)sc2ccccc25)cc1. The van der Waals surface area contributed by atoms with Crippen molar-refractivity contribution in [2.45, 2.75) is 96.8 Å². The third kappa shape index (κ3) is 4.89. The Hall–Kier alpha value is -6.14. The molecule has 0 amide bonds. The molecule has 4 aliphatic rings. The van der Waals surface area contributed by atoms with E-state index in [1.165, 1.54) is 153 Å². The summed E-state index contributed by atoms with van der Waals surface area (Å²) in [5.74, 6) is 0. The minimum Gasteiger partial charge on any atom is -0.376 e. The smallest absolute Gasteiger partial charge is 0.333 e. The number of fused-ring (bicyclic) bond motifs is 20. The van der Waals surface area contributed by atoms with Crippen molar-refractivity contribution in [1.82, 2.24) is 4.57 Å². The second kappa shape index (κ2) is 12.7. The van der Waals surface area contributed by atoms with Crippen LogP contribution in [0.2, 0.25) is 0 Å².